The highest BCUT2D eigenvalue weighted by Gasteiger charge is 2.44. The molecule has 24 heavy (non-hydrogen) atoms. The van der Waals surface area contributed by atoms with Crippen LogP contribution in [0, 0.1) is 5.82 Å². The van der Waals surface area contributed by atoms with E-state index in [1.807, 2.05) is 0 Å². The van der Waals surface area contributed by atoms with Crippen LogP contribution in [0.2, 0.25) is 0 Å². The lowest BCUT2D eigenvalue weighted by Crippen LogP contribution is -2.61. The predicted octanol–water partition coefficient (Wildman–Crippen LogP) is 2.48. The quantitative estimate of drug-likeness (QED) is 0.838. The van der Waals surface area contributed by atoms with Gasteiger partial charge in [-0.25, -0.2) is 4.39 Å². The molecule has 0 bridgehead atoms. The fourth-order valence-electron chi connectivity index (χ4n) is 4.35. The van der Waals surface area contributed by atoms with E-state index in [2.05, 4.69) is 17.1 Å². The summed E-state index contributed by atoms with van der Waals surface area (Å²) in [4.78, 5) is 2.57. The summed E-state index contributed by atoms with van der Waals surface area (Å²) in [6, 6.07) is 6.71. The Kier molecular flexibility index (Phi) is 5.87. The van der Waals surface area contributed by atoms with Gasteiger partial charge in [0.1, 0.15) is 5.82 Å². The van der Waals surface area contributed by atoms with E-state index >= 15 is 0 Å². The summed E-state index contributed by atoms with van der Waals surface area (Å²) in [7, 11) is 0. The number of hydrogen-bond donors (Lipinski definition) is 2. The van der Waals surface area contributed by atoms with Crippen LogP contribution in [0.4, 0.5) is 4.39 Å². The lowest BCUT2D eigenvalue weighted by Gasteiger charge is -2.47. The fourth-order valence-corrected chi connectivity index (χ4v) is 4.35. The van der Waals surface area contributed by atoms with Gasteiger partial charge in [-0.15, -0.1) is 0 Å². The Morgan fingerprint density at radius 2 is 1.92 bits per heavy atom. The summed E-state index contributed by atoms with van der Waals surface area (Å²) >= 11 is 0. The number of aliphatic hydroxyl groups excluding tert-OH is 1. The predicted molar refractivity (Wildman–Crippen MR) is 92.4 cm³/mol. The minimum atomic E-state index is -0.822. The van der Waals surface area contributed by atoms with Crippen LogP contribution in [0.1, 0.15) is 44.3 Å². The van der Waals surface area contributed by atoms with Gasteiger partial charge in [0.2, 0.25) is 0 Å². The van der Waals surface area contributed by atoms with E-state index < -0.39 is 6.10 Å². The van der Waals surface area contributed by atoms with E-state index in [0.29, 0.717) is 12.1 Å². The molecular formula is C19H29FN2O2. The molecule has 0 spiro atoms. The zero-order chi connectivity index (χ0) is 17.0. The smallest absolute Gasteiger partial charge is 0.129 e. The van der Waals surface area contributed by atoms with Crippen LogP contribution in [-0.2, 0) is 4.74 Å². The van der Waals surface area contributed by atoms with Gasteiger partial charge in [0.25, 0.3) is 0 Å². The Bertz CT molecular complexity index is 528. The maximum Gasteiger partial charge on any atom is 0.129 e. The Morgan fingerprint density at radius 3 is 2.58 bits per heavy atom. The van der Waals surface area contributed by atoms with Gasteiger partial charge in [0.15, 0.2) is 0 Å². The summed E-state index contributed by atoms with van der Waals surface area (Å²) in [5.41, 5.74) is 0.502. The number of aliphatic hydroxyl groups is 1. The van der Waals surface area contributed by atoms with Gasteiger partial charge in [-0.05, 0) is 25.8 Å². The van der Waals surface area contributed by atoms with E-state index in [9.17, 15) is 9.50 Å². The standard InChI is InChI=1S/C19H29FN2O2/c1-15(21-14-18(23)16-6-2-3-7-17(16)20)19(8-4-5-9-19)22-10-12-24-13-11-22/h2-3,6-7,15,18,21,23H,4-5,8-14H2,1H3/t15-,18-/m0/s1. The average Bonchev–Trinajstić information content (AvgIpc) is 3.11. The number of benzene rings is 1. The van der Waals surface area contributed by atoms with Gasteiger partial charge in [0.05, 0.1) is 19.3 Å². The molecule has 3 rings (SSSR count). The van der Waals surface area contributed by atoms with Crippen LogP contribution in [-0.4, -0.2) is 54.4 Å². The lowest BCUT2D eigenvalue weighted by atomic mass is 9.86. The highest BCUT2D eigenvalue weighted by Crippen LogP contribution is 2.38. The third-order valence-electron chi connectivity index (χ3n) is 5.80. The number of halogens is 1. The number of nitrogens with zero attached hydrogens (tertiary/aromatic N) is 1. The topological polar surface area (TPSA) is 44.7 Å². The Hall–Kier alpha value is -1.01. The summed E-state index contributed by atoms with van der Waals surface area (Å²) in [6.07, 6.45) is 4.03. The second-order valence-electron chi connectivity index (χ2n) is 7.08. The molecule has 1 aromatic rings. The summed E-state index contributed by atoms with van der Waals surface area (Å²) in [6.45, 7) is 6.12. The van der Waals surface area contributed by atoms with Gasteiger partial charge in [-0.3, -0.25) is 4.90 Å². The van der Waals surface area contributed by atoms with E-state index in [1.165, 1.54) is 31.7 Å². The third-order valence-corrected chi connectivity index (χ3v) is 5.80. The van der Waals surface area contributed by atoms with Crippen molar-refractivity contribution >= 4 is 0 Å². The molecule has 4 nitrogen and oxygen atoms in total. The van der Waals surface area contributed by atoms with E-state index in [4.69, 9.17) is 4.74 Å². The molecule has 1 aromatic carbocycles. The van der Waals surface area contributed by atoms with Gasteiger partial charge in [-0.1, -0.05) is 31.0 Å². The minimum absolute atomic E-state index is 0.138. The maximum atomic E-state index is 13.8. The normalized spacial score (nSPS) is 24.0. The first kappa shape index (κ1) is 17.8. The molecule has 0 unspecified atom stereocenters. The molecular weight excluding hydrogens is 307 g/mol. The summed E-state index contributed by atoms with van der Waals surface area (Å²) < 4.78 is 19.3. The van der Waals surface area contributed by atoms with Crippen molar-refractivity contribution in [3.8, 4) is 0 Å². The van der Waals surface area contributed by atoms with Crippen molar-refractivity contribution in [2.45, 2.75) is 50.3 Å². The number of morpholine rings is 1. The Balaban J connectivity index is 1.63. The summed E-state index contributed by atoms with van der Waals surface area (Å²) in [5, 5.41) is 13.8. The highest BCUT2D eigenvalue weighted by molar-refractivity contribution is 5.20. The molecule has 1 saturated carbocycles. The molecule has 2 aliphatic rings. The molecule has 1 aliphatic carbocycles. The van der Waals surface area contributed by atoms with Crippen molar-refractivity contribution in [3.05, 3.63) is 35.6 Å². The number of nitrogens with one attached hydrogen (secondary N) is 1. The molecule has 1 saturated heterocycles. The molecule has 2 atom stereocenters. The zero-order valence-electron chi connectivity index (χ0n) is 14.5. The van der Waals surface area contributed by atoms with Crippen molar-refractivity contribution in [1.82, 2.24) is 10.2 Å². The third kappa shape index (κ3) is 3.64. The average molecular weight is 336 g/mol. The molecule has 134 valence electrons. The zero-order valence-corrected chi connectivity index (χ0v) is 14.5. The monoisotopic (exact) mass is 336 g/mol. The first-order valence-corrected chi connectivity index (χ1v) is 9.12. The van der Waals surface area contributed by atoms with Crippen LogP contribution in [0.3, 0.4) is 0 Å². The number of ether oxygens (including phenoxy) is 1. The fraction of sp³-hybridized carbons (Fsp3) is 0.684. The molecule has 1 aliphatic heterocycles. The Labute approximate surface area is 144 Å². The second-order valence-corrected chi connectivity index (χ2v) is 7.08. The van der Waals surface area contributed by atoms with Crippen molar-refractivity contribution in [2.24, 2.45) is 0 Å². The van der Waals surface area contributed by atoms with Crippen LogP contribution in [0.15, 0.2) is 24.3 Å². The highest BCUT2D eigenvalue weighted by atomic mass is 19.1. The van der Waals surface area contributed by atoms with Crippen LogP contribution < -0.4 is 5.32 Å². The van der Waals surface area contributed by atoms with Crippen molar-refractivity contribution < 1.29 is 14.2 Å². The first-order chi connectivity index (χ1) is 11.6. The molecule has 2 fully saturated rings. The van der Waals surface area contributed by atoms with Gasteiger partial charge >= 0.3 is 0 Å². The number of hydrogen-bond acceptors (Lipinski definition) is 4. The van der Waals surface area contributed by atoms with Crippen molar-refractivity contribution in [3.63, 3.8) is 0 Å². The molecule has 0 aromatic heterocycles. The second kappa shape index (κ2) is 7.91. The van der Waals surface area contributed by atoms with Gasteiger partial charge in [-0.2, -0.15) is 0 Å². The van der Waals surface area contributed by atoms with Crippen molar-refractivity contribution in [1.29, 1.82) is 0 Å². The lowest BCUT2D eigenvalue weighted by molar-refractivity contribution is -0.0345. The SMILES string of the molecule is C[C@H](NC[C@H](O)c1ccccc1F)C1(N2CCOCC2)CCCC1. The molecule has 2 N–H and O–H groups in total. The van der Waals surface area contributed by atoms with E-state index in [0.717, 1.165) is 26.3 Å². The number of rotatable bonds is 6. The van der Waals surface area contributed by atoms with Gasteiger partial charge in [0, 0.05) is 36.8 Å². The molecule has 5 heteroatoms. The van der Waals surface area contributed by atoms with Crippen LogP contribution in [0.5, 0.6) is 0 Å². The van der Waals surface area contributed by atoms with Gasteiger partial charge < -0.3 is 15.2 Å². The van der Waals surface area contributed by atoms with Crippen LogP contribution >= 0.6 is 0 Å². The molecule has 0 radical (unpaired) electrons. The van der Waals surface area contributed by atoms with Crippen LogP contribution in [0.25, 0.3) is 0 Å². The maximum absolute atomic E-state index is 13.8. The van der Waals surface area contributed by atoms with Crippen molar-refractivity contribution in [2.75, 3.05) is 32.8 Å². The molecule has 1 heterocycles. The van der Waals surface area contributed by atoms with E-state index in [-0.39, 0.29) is 17.4 Å². The minimum Gasteiger partial charge on any atom is -0.387 e. The Morgan fingerprint density at radius 1 is 1.25 bits per heavy atom. The molecule has 0 amide bonds. The summed E-state index contributed by atoms with van der Waals surface area (Å²) in [5.74, 6) is -0.344. The first-order valence-electron chi connectivity index (χ1n) is 9.12. The van der Waals surface area contributed by atoms with E-state index in [1.54, 1.807) is 18.2 Å². The largest absolute Gasteiger partial charge is 0.387 e.